The molecule has 0 aliphatic carbocycles. The molecule has 0 radical (unpaired) electrons. The smallest absolute Gasteiger partial charge is 0.138 e. The summed E-state index contributed by atoms with van der Waals surface area (Å²) in [5.74, 6) is -1.20. The Morgan fingerprint density at radius 2 is 2.20 bits per heavy atom. The number of carboxylic acids is 1. The molecule has 0 aromatic carbocycles. The number of nitrogens with zero attached hydrogens (tertiary/aromatic N) is 2. The van der Waals surface area contributed by atoms with Crippen LogP contribution in [0.4, 0.5) is 0 Å². The number of nitrogens with one attached hydrogen (secondary N) is 1. The highest BCUT2D eigenvalue weighted by atomic mass is 16.4. The molecule has 20 heavy (non-hydrogen) atoms. The molecule has 5 heteroatoms. The molecule has 1 N–H and O–H groups in total. The number of hydrogen-bond donors (Lipinski definition) is 1. The zero-order chi connectivity index (χ0) is 14.7. The van der Waals surface area contributed by atoms with Gasteiger partial charge in [0.15, 0.2) is 0 Å². The third-order valence-corrected chi connectivity index (χ3v) is 3.55. The lowest BCUT2D eigenvalue weighted by atomic mass is 10.2. The highest BCUT2D eigenvalue weighted by Crippen LogP contribution is 2.14. The second-order valence-electron chi connectivity index (χ2n) is 5.29. The monoisotopic (exact) mass is 275 g/mol. The van der Waals surface area contributed by atoms with Crippen LogP contribution in [0, 0.1) is 6.92 Å². The molecule has 2 aromatic rings. The number of carbonyl (C=O) groups excluding carboxylic acids is 1. The van der Waals surface area contributed by atoms with E-state index < -0.39 is 5.97 Å². The van der Waals surface area contributed by atoms with E-state index in [2.05, 4.69) is 19.0 Å². The first-order chi connectivity index (χ1) is 9.54. The van der Waals surface area contributed by atoms with E-state index in [9.17, 15) is 9.90 Å². The first-order valence-electron chi connectivity index (χ1n) is 7.04. The van der Waals surface area contributed by atoms with Gasteiger partial charge in [0, 0.05) is 5.69 Å². The largest absolute Gasteiger partial charge is 0.543 e. The predicted molar refractivity (Wildman–Crippen MR) is 74.6 cm³/mol. The summed E-state index contributed by atoms with van der Waals surface area (Å²) in [6, 6.07) is 5.66. The average Bonchev–Trinajstić information content (AvgIpc) is 2.77. The molecule has 0 saturated carbocycles. The fraction of sp³-hybridized carbons (Fsp3) is 0.467. The maximum atomic E-state index is 11.3. The van der Waals surface area contributed by atoms with Crippen molar-refractivity contribution in [1.29, 1.82) is 0 Å². The van der Waals surface area contributed by atoms with E-state index in [0.717, 1.165) is 30.8 Å². The number of aromatic nitrogens is 2. The van der Waals surface area contributed by atoms with Crippen molar-refractivity contribution in [2.75, 3.05) is 13.6 Å². The molecule has 0 saturated heterocycles. The van der Waals surface area contributed by atoms with E-state index in [1.54, 1.807) is 0 Å². The fourth-order valence-corrected chi connectivity index (χ4v) is 2.51. The van der Waals surface area contributed by atoms with Gasteiger partial charge >= 0.3 is 0 Å². The summed E-state index contributed by atoms with van der Waals surface area (Å²) in [7, 11) is 2.08. The fourth-order valence-electron chi connectivity index (χ4n) is 2.51. The van der Waals surface area contributed by atoms with Gasteiger partial charge < -0.3 is 14.8 Å². The Balaban J connectivity index is 2.43. The third kappa shape index (κ3) is 2.82. The topological polar surface area (TPSA) is 61.9 Å². The van der Waals surface area contributed by atoms with Crippen LogP contribution >= 0.6 is 0 Å². The van der Waals surface area contributed by atoms with Crippen LogP contribution in [-0.4, -0.2) is 28.9 Å². The Morgan fingerprint density at radius 3 is 2.85 bits per heavy atom. The van der Waals surface area contributed by atoms with Gasteiger partial charge in [-0.05, 0) is 25.5 Å². The lowest BCUT2D eigenvalue weighted by Gasteiger charge is -2.15. The van der Waals surface area contributed by atoms with Gasteiger partial charge in [-0.2, -0.15) is 0 Å². The minimum Gasteiger partial charge on any atom is -0.543 e. The summed E-state index contributed by atoms with van der Waals surface area (Å²) in [5.41, 5.74) is 2.45. The van der Waals surface area contributed by atoms with E-state index in [1.165, 1.54) is 4.90 Å². The van der Waals surface area contributed by atoms with Crippen LogP contribution in [0.3, 0.4) is 0 Å². The highest BCUT2D eigenvalue weighted by molar-refractivity contribution is 5.86. The summed E-state index contributed by atoms with van der Waals surface area (Å²) in [6.07, 6.45) is 2.26. The van der Waals surface area contributed by atoms with Crippen LogP contribution in [0.2, 0.25) is 0 Å². The predicted octanol–water partition coefficient (Wildman–Crippen LogP) is -0.179. The number of aromatic carboxylic acids is 1. The van der Waals surface area contributed by atoms with Crippen LogP contribution in [-0.2, 0) is 6.54 Å². The van der Waals surface area contributed by atoms with Crippen molar-refractivity contribution in [3.8, 4) is 0 Å². The molecule has 2 rings (SSSR count). The average molecular weight is 275 g/mol. The van der Waals surface area contributed by atoms with Crippen molar-refractivity contribution in [3.63, 3.8) is 0 Å². The van der Waals surface area contributed by atoms with Crippen LogP contribution in [0.25, 0.3) is 5.65 Å². The standard InChI is InChI=1S/C15H21N3O2/c1-4-5-9-17(3)10-12-14(15(19)20)16-13-8-6-7-11(2)18(12)13/h6-8H,4-5,9-10H2,1-3H3,(H,19,20). The molecule has 5 nitrogen and oxygen atoms in total. The second-order valence-corrected chi connectivity index (χ2v) is 5.29. The SMILES string of the molecule is CCCC[NH+](C)Cc1c(C(=O)[O-])nc2cccc(C)n12. The summed E-state index contributed by atoms with van der Waals surface area (Å²) in [5, 5.41) is 11.3. The first-order valence-corrected chi connectivity index (χ1v) is 7.04. The molecule has 0 fully saturated rings. The number of rotatable bonds is 6. The number of fused-ring (bicyclic) bond motifs is 1. The molecular formula is C15H21N3O2. The van der Waals surface area contributed by atoms with Crippen molar-refractivity contribution in [3.05, 3.63) is 35.3 Å². The lowest BCUT2D eigenvalue weighted by molar-refractivity contribution is -0.894. The molecular weight excluding hydrogens is 254 g/mol. The van der Waals surface area contributed by atoms with Gasteiger partial charge in [0.2, 0.25) is 0 Å². The molecule has 0 amide bonds. The minimum absolute atomic E-state index is 0.0650. The van der Waals surface area contributed by atoms with Gasteiger partial charge in [0.25, 0.3) is 0 Å². The first kappa shape index (κ1) is 14.5. The van der Waals surface area contributed by atoms with Gasteiger partial charge in [0.1, 0.15) is 23.6 Å². The Morgan fingerprint density at radius 1 is 1.45 bits per heavy atom. The maximum Gasteiger partial charge on any atom is 0.138 e. The highest BCUT2D eigenvalue weighted by Gasteiger charge is 2.17. The number of aryl methyl sites for hydroxylation is 1. The summed E-state index contributed by atoms with van der Waals surface area (Å²) in [4.78, 5) is 16.8. The van der Waals surface area contributed by atoms with E-state index >= 15 is 0 Å². The number of carbonyl (C=O) groups is 1. The van der Waals surface area contributed by atoms with Crippen LogP contribution in [0.1, 0.15) is 41.6 Å². The Labute approximate surface area is 118 Å². The van der Waals surface area contributed by atoms with Gasteiger partial charge in [0.05, 0.1) is 19.6 Å². The zero-order valence-electron chi connectivity index (χ0n) is 12.3. The van der Waals surface area contributed by atoms with Crippen molar-refractivity contribution in [2.24, 2.45) is 0 Å². The van der Waals surface area contributed by atoms with E-state index in [4.69, 9.17) is 0 Å². The third-order valence-electron chi connectivity index (χ3n) is 3.55. The maximum absolute atomic E-state index is 11.3. The molecule has 2 aromatic heterocycles. The molecule has 2 heterocycles. The van der Waals surface area contributed by atoms with Crippen LogP contribution in [0.15, 0.2) is 18.2 Å². The minimum atomic E-state index is -1.20. The Kier molecular flexibility index (Phi) is 4.39. The number of pyridine rings is 1. The number of hydrogen-bond acceptors (Lipinski definition) is 3. The molecule has 0 spiro atoms. The lowest BCUT2D eigenvalue weighted by Crippen LogP contribution is -3.07. The van der Waals surface area contributed by atoms with Gasteiger partial charge in [-0.15, -0.1) is 0 Å². The van der Waals surface area contributed by atoms with Crippen molar-refractivity contribution < 1.29 is 14.8 Å². The molecule has 1 atom stereocenters. The Hall–Kier alpha value is -1.88. The van der Waals surface area contributed by atoms with Gasteiger partial charge in [-0.25, -0.2) is 4.98 Å². The molecule has 0 bridgehead atoms. The number of carboxylic acid groups (broad SMARTS) is 1. The van der Waals surface area contributed by atoms with Crippen LogP contribution < -0.4 is 10.0 Å². The molecule has 108 valence electrons. The normalized spacial score (nSPS) is 12.8. The number of quaternary nitrogens is 1. The van der Waals surface area contributed by atoms with Gasteiger partial charge in [-0.1, -0.05) is 19.4 Å². The number of unbranched alkanes of at least 4 members (excludes halogenated alkanes) is 1. The molecule has 0 aliphatic rings. The summed E-state index contributed by atoms with van der Waals surface area (Å²) < 4.78 is 1.92. The van der Waals surface area contributed by atoms with Gasteiger partial charge in [-0.3, -0.25) is 4.40 Å². The molecule has 1 unspecified atom stereocenters. The van der Waals surface area contributed by atoms with E-state index in [0.29, 0.717) is 12.2 Å². The van der Waals surface area contributed by atoms with E-state index in [-0.39, 0.29) is 5.69 Å². The van der Waals surface area contributed by atoms with E-state index in [1.807, 2.05) is 29.5 Å². The summed E-state index contributed by atoms with van der Waals surface area (Å²) in [6.45, 7) is 5.76. The quantitative estimate of drug-likeness (QED) is 0.795. The summed E-state index contributed by atoms with van der Waals surface area (Å²) >= 11 is 0. The second kappa shape index (κ2) is 6.05. The zero-order valence-corrected chi connectivity index (χ0v) is 12.3. The van der Waals surface area contributed by atoms with Crippen LogP contribution in [0.5, 0.6) is 0 Å². The van der Waals surface area contributed by atoms with Crippen molar-refractivity contribution in [2.45, 2.75) is 33.2 Å². The Bertz CT molecular complexity index is 619. The van der Waals surface area contributed by atoms with Crippen molar-refractivity contribution in [1.82, 2.24) is 9.38 Å². The molecule has 0 aliphatic heterocycles. The van der Waals surface area contributed by atoms with Crippen molar-refractivity contribution >= 4 is 11.6 Å². The number of imidazole rings is 1.